The summed E-state index contributed by atoms with van der Waals surface area (Å²) < 4.78 is 18.2. The Kier molecular flexibility index (Phi) is 3.84. The highest BCUT2D eigenvalue weighted by molar-refractivity contribution is 6.34. The van der Waals surface area contributed by atoms with Gasteiger partial charge in [-0.15, -0.1) is 0 Å². The van der Waals surface area contributed by atoms with E-state index in [0.29, 0.717) is 5.76 Å². The molecule has 0 radical (unpaired) electrons. The molecule has 0 unspecified atom stereocenters. The average Bonchev–Trinajstić information content (AvgIpc) is 2.84. The molecule has 1 N–H and O–H groups in total. The van der Waals surface area contributed by atoms with Crippen molar-refractivity contribution in [3.63, 3.8) is 0 Å². The molecular weight excluding hydrogens is 282 g/mol. The summed E-state index contributed by atoms with van der Waals surface area (Å²) in [6, 6.07) is 4.33. The molecule has 7 heteroatoms. The van der Waals surface area contributed by atoms with E-state index in [9.17, 15) is 9.18 Å². The van der Waals surface area contributed by atoms with Gasteiger partial charge in [0.2, 0.25) is 0 Å². The quantitative estimate of drug-likeness (QED) is 0.883. The van der Waals surface area contributed by atoms with Crippen LogP contribution in [0.15, 0.2) is 28.9 Å². The Labute approximate surface area is 112 Å². The van der Waals surface area contributed by atoms with Crippen molar-refractivity contribution in [2.45, 2.75) is 6.54 Å². The smallest absolute Gasteiger partial charge is 0.254 e. The zero-order valence-electron chi connectivity index (χ0n) is 8.91. The number of aromatic nitrogens is 1. The number of furan rings is 1. The number of pyridine rings is 1. The lowest BCUT2D eigenvalue weighted by atomic mass is 10.2. The molecular formula is C11H7Cl2FN2O2. The van der Waals surface area contributed by atoms with Gasteiger partial charge in [0.05, 0.1) is 18.4 Å². The van der Waals surface area contributed by atoms with Gasteiger partial charge in [-0.1, -0.05) is 23.2 Å². The van der Waals surface area contributed by atoms with Gasteiger partial charge in [0.1, 0.15) is 10.9 Å². The first kappa shape index (κ1) is 12.9. The Morgan fingerprint density at radius 2 is 2.22 bits per heavy atom. The Bertz CT molecular complexity index is 573. The first-order valence-corrected chi connectivity index (χ1v) is 5.65. The number of hydrogen-bond acceptors (Lipinski definition) is 3. The largest absolute Gasteiger partial charge is 0.467 e. The van der Waals surface area contributed by atoms with Gasteiger partial charge in [0.25, 0.3) is 5.91 Å². The fourth-order valence-corrected chi connectivity index (χ4v) is 1.69. The van der Waals surface area contributed by atoms with Gasteiger partial charge in [-0.3, -0.25) is 4.79 Å². The molecule has 2 heterocycles. The van der Waals surface area contributed by atoms with E-state index in [-0.39, 0.29) is 22.4 Å². The predicted octanol–water partition coefficient (Wildman–Crippen LogP) is 3.05. The van der Waals surface area contributed by atoms with Crippen LogP contribution in [0.5, 0.6) is 0 Å². The van der Waals surface area contributed by atoms with E-state index in [1.54, 1.807) is 12.1 Å². The highest BCUT2D eigenvalue weighted by atomic mass is 35.5. The van der Waals surface area contributed by atoms with Crippen LogP contribution in [0, 0.1) is 5.82 Å². The van der Waals surface area contributed by atoms with Crippen LogP contribution in [0.25, 0.3) is 0 Å². The van der Waals surface area contributed by atoms with Crippen LogP contribution < -0.4 is 5.32 Å². The van der Waals surface area contributed by atoms with Gasteiger partial charge in [0.15, 0.2) is 11.0 Å². The van der Waals surface area contributed by atoms with Gasteiger partial charge in [0, 0.05) is 0 Å². The average molecular weight is 289 g/mol. The van der Waals surface area contributed by atoms with Gasteiger partial charge in [-0.2, -0.15) is 0 Å². The Morgan fingerprint density at radius 3 is 2.89 bits per heavy atom. The van der Waals surface area contributed by atoms with Crippen molar-refractivity contribution in [3.05, 3.63) is 51.9 Å². The SMILES string of the molecule is O=C(NCc1ccco1)c1cc(F)c(Cl)nc1Cl. The monoisotopic (exact) mass is 288 g/mol. The number of halogens is 3. The fourth-order valence-electron chi connectivity index (χ4n) is 1.28. The van der Waals surface area contributed by atoms with Crippen LogP contribution in [0.2, 0.25) is 10.3 Å². The highest BCUT2D eigenvalue weighted by Gasteiger charge is 2.15. The summed E-state index contributed by atoms with van der Waals surface area (Å²) in [5, 5.41) is 2.00. The van der Waals surface area contributed by atoms with Crippen LogP contribution in [0.1, 0.15) is 16.1 Å². The maximum absolute atomic E-state index is 13.2. The van der Waals surface area contributed by atoms with Crippen LogP contribution in [-0.4, -0.2) is 10.9 Å². The van der Waals surface area contributed by atoms with Crippen molar-refractivity contribution in [3.8, 4) is 0 Å². The van der Waals surface area contributed by atoms with Crippen LogP contribution in [0.4, 0.5) is 4.39 Å². The number of hydrogen-bond donors (Lipinski definition) is 1. The minimum Gasteiger partial charge on any atom is -0.467 e. The standard InChI is InChI=1S/C11H7Cl2FN2O2/c12-9-7(4-8(14)10(13)16-9)11(17)15-5-6-2-1-3-18-6/h1-4H,5H2,(H,15,17). The van der Waals surface area contributed by atoms with Crippen LogP contribution in [-0.2, 0) is 6.54 Å². The van der Waals surface area contributed by atoms with Gasteiger partial charge < -0.3 is 9.73 Å². The summed E-state index contributed by atoms with van der Waals surface area (Å²) in [6.07, 6.45) is 1.48. The van der Waals surface area contributed by atoms with E-state index in [1.165, 1.54) is 6.26 Å². The van der Waals surface area contributed by atoms with E-state index in [1.807, 2.05) is 0 Å². The molecule has 0 atom stereocenters. The number of rotatable bonds is 3. The molecule has 2 rings (SSSR count). The van der Waals surface area contributed by atoms with Crippen molar-refractivity contribution in [2.24, 2.45) is 0 Å². The molecule has 0 bridgehead atoms. The van der Waals surface area contributed by atoms with Gasteiger partial charge >= 0.3 is 0 Å². The zero-order chi connectivity index (χ0) is 13.1. The van der Waals surface area contributed by atoms with E-state index in [0.717, 1.165) is 6.07 Å². The molecule has 2 aromatic heterocycles. The molecule has 0 aromatic carbocycles. The van der Waals surface area contributed by atoms with E-state index in [4.69, 9.17) is 27.6 Å². The normalized spacial score (nSPS) is 10.4. The topological polar surface area (TPSA) is 55.1 Å². The van der Waals surface area contributed by atoms with E-state index < -0.39 is 11.7 Å². The number of carbonyl (C=O) groups is 1. The second-order valence-corrected chi connectivity index (χ2v) is 4.08. The summed E-state index contributed by atoms with van der Waals surface area (Å²) >= 11 is 11.1. The number of carbonyl (C=O) groups excluding carboxylic acids is 1. The number of amides is 1. The third kappa shape index (κ3) is 2.80. The molecule has 18 heavy (non-hydrogen) atoms. The summed E-state index contributed by atoms with van der Waals surface area (Å²) in [7, 11) is 0. The Hall–Kier alpha value is -1.59. The fraction of sp³-hybridized carbons (Fsp3) is 0.0909. The van der Waals surface area contributed by atoms with Crippen molar-refractivity contribution < 1.29 is 13.6 Å². The van der Waals surface area contributed by atoms with Crippen molar-refractivity contribution >= 4 is 29.1 Å². The minimum absolute atomic E-state index is 0.0786. The lowest BCUT2D eigenvalue weighted by Gasteiger charge is -2.05. The molecule has 0 aliphatic carbocycles. The Morgan fingerprint density at radius 1 is 1.44 bits per heavy atom. The minimum atomic E-state index is -0.802. The zero-order valence-corrected chi connectivity index (χ0v) is 10.4. The van der Waals surface area contributed by atoms with E-state index in [2.05, 4.69) is 10.3 Å². The first-order valence-electron chi connectivity index (χ1n) is 4.90. The molecule has 0 fully saturated rings. The van der Waals surface area contributed by atoms with Crippen LogP contribution >= 0.6 is 23.2 Å². The molecule has 94 valence electrons. The molecule has 2 aromatic rings. The van der Waals surface area contributed by atoms with Crippen molar-refractivity contribution in [1.82, 2.24) is 10.3 Å². The lowest BCUT2D eigenvalue weighted by Crippen LogP contribution is -2.23. The molecule has 0 saturated heterocycles. The first-order chi connectivity index (χ1) is 8.58. The van der Waals surface area contributed by atoms with Gasteiger partial charge in [-0.05, 0) is 18.2 Å². The second-order valence-electron chi connectivity index (χ2n) is 3.36. The lowest BCUT2D eigenvalue weighted by molar-refractivity contribution is 0.0947. The summed E-state index contributed by atoms with van der Waals surface area (Å²) in [6.45, 7) is 0.173. The van der Waals surface area contributed by atoms with Crippen LogP contribution in [0.3, 0.4) is 0 Å². The molecule has 1 amide bonds. The summed E-state index contributed by atoms with van der Waals surface area (Å²) in [5.74, 6) is -0.787. The molecule has 0 saturated carbocycles. The Balaban J connectivity index is 2.11. The van der Waals surface area contributed by atoms with Gasteiger partial charge in [-0.25, -0.2) is 9.37 Å². The second kappa shape index (κ2) is 5.37. The molecule has 4 nitrogen and oxygen atoms in total. The summed E-state index contributed by atoms with van der Waals surface area (Å²) in [5.41, 5.74) is -0.0786. The van der Waals surface area contributed by atoms with E-state index >= 15 is 0 Å². The molecule has 0 spiro atoms. The third-order valence-corrected chi connectivity index (χ3v) is 2.69. The summed E-state index contributed by atoms with van der Waals surface area (Å²) in [4.78, 5) is 15.2. The highest BCUT2D eigenvalue weighted by Crippen LogP contribution is 2.20. The molecule has 0 aliphatic heterocycles. The predicted molar refractivity (Wildman–Crippen MR) is 64.1 cm³/mol. The maximum Gasteiger partial charge on any atom is 0.254 e. The molecule has 0 aliphatic rings. The maximum atomic E-state index is 13.2. The number of nitrogens with one attached hydrogen (secondary N) is 1. The third-order valence-electron chi connectivity index (χ3n) is 2.13. The number of nitrogens with zero attached hydrogens (tertiary/aromatic N) is 1. The van der Waals surface area contributed by atoms with Crippen molar-refractivity contribution in [2.75, 3.05) is 0 Å². The van der Waals surface area contributed by atoms with Crippen molar-refractivity contribution in [1.29, 1.82) is 0 Å².